The third-order valence-corrected chi connectivity index (χ3v) is 3.48. The Kier molecular flexibility index (Phi) is 5.53. The van der Waals surface area contributed by atoms with Crippen LogP contribution in [0.1, 0.15) is 36.3 Å². The number of methoxy groups -OCH3 is 1. The summed E-state index contributed by atoms with van der Waals surface area (Å²) in [6.45, 7) is 4.99. The van der Waals surface area contributed by atoms with Crippen LogP contribution in [0.3, 0.4) is 0 Å². The van der Waals surface area contributed by atoms with Crippen LogP contribution in [0.25, 0.3) is 0 Å². The first-order valence-electron chi connectivity index (χ1n) is 7.01. The number of nitrogens with zero attached hydrogens (tertiary/aromatic N) is 2. The number of hydrogen-bond donors (Lipinski definition) is 1. The molecular weight excluding hydrogens is 286 g/mol. The predicted molar refractivity (Wildman–Crippen MR) is 84.9 cm³/mol. The lowest BCUT2D eigenvalue weighted by Gasteiger charge is -2.18. The zero-order valence-electron chi connectivity index (χ0n) is 12.6. The molecule has 0 radical (unpaired) electrons. The highest BCUT2D eigenvalue weighted by Crippen LogP contribution is 2.29. The van der Waals surface area contributed by atoms with Gasteiger partial charge in [0.15, 0.2) is 0 Å². The van der Waals surface area contributed by atoms with Crippen LogP contribution in [-0.2, 0) is 0 Å². The first kappa shape index (κ1) is 15.7. The van der Waals surface area contributed by atoms with Crippen molar-refractivity contribution in [3.63, 3.8) is 0 Å². The molecule has 1 atom stereocenters. The molecule has 0 spiro atoms. The monoisotopic (exact) mass is 305 g/mol. The number of benzene rings is 1. The van der Waals surface area contributed by atoms with Crippen molar-refractivity contribution in [3.05, 3.63) is 52.6 Å². The average Bonchev–Trinajstić information content (AvgIpc) is 2.50. The highest BCUT2D eigenvalue weighted by Gasteiger charge is 2.17. The number of ether oxygens (including phenoxy) is 1. The van der Waals surface area contributed by atoms with Crippen LogP contribution in [0.2, 0.25) is 5.02 Å². The summed E-state index contributed by atoms with van der Waals surface area (Å²) in [5, 5.41) is 4.07. The standard InChI is InChI=1S/C16H20ClN3O/c1-4-7-18-15(16-19-9-11(2)10-20-16)12-5-6-13(17)14(8-12)21-3/h5-6,8-10,15,18H,4,7H2,1-3H3. The predicted octanol–water partition coefficient (Wildman–Crippen LogP) is 3.54. The lowest BCUT2D eigenvalue weighted by atomic mass is 10.1. The van der Waals surface area contributed by atoms with Crippen LogP contribution in [-0.4, -0.2) is 23.6 Å². The molecule has 0 fully saturated rings. The van der Waals surface area contributed by atoms with E-state index in [1.165, 1.54) is 0 Å². The minimum Gasteiger partial charge on any atom is -0.495 e. The molecule has 0 aliphatic heterocycles. The zero-order chi connectivity index (χ0) is 15.2. The van der Waals surface area contributed by atoms with Gasteiger partial charge in [0.05, 0.1) is 18.2 Å². The zero-order valence-corrected chi connectivity index (χ0v) is 13.3. The van der Waals surface area contributed by atoms with Crippen LogP contribution in [0.5, 0.6) is 5.75 Å². The van der Waals surface area contributed by atoms with Crippen molar-refractivity contribution in [2.45, 2.75) is 26.3 Å². The van der Waals surface area contributed by atoms with Gasteiger partial charge >= 0.3 is 0 Å². The highest BCUT2D eigenvalue weighted by atomic mass is 35.5. The van der Waals surface area contributed by atoms with Gasteiger partial charge in [0.1, 0.15) is 11.6 Å². The Morgan fingerprint density at radius 3 is 2.62 bits per heavy atom. The molecule has 1 N–H and O–H groups in total. The second kappa shape index (κ2) is 7.38. The lowest BCUT2D eigenvalue weighted by molar-refractivity contribution is 0.413. The largest absolute Gasteiger partial charge is 0.495 e. The van der Waals surface area contributed by atoms with E-state index in [0.717, 1.165) is 29.9 Å². The Balaban J connectivity index is 2.37. The van der Waals surface area contributed by atoms with E-state index in [1.807, 2.05) is 37.5 Å². The molecular formula is C16H20ClN3O. The van der Waals surface area contributed by atoms with E-state index in [9.17, 15) is 0 Å². The Morgan fingerprint density at radius 1 is 1.29 bits per heavy atom. The van der Waals surface area contributed by atoms with Crippen molar-refractivity contribution in [3.8, 4) is 5.75 Å². The molecule has 1 aromatic carbocycles. The van der Waals surface area contributed by atoms with Crippen molar-refractivity contribution < 1.29 is 4.74 Å². The molecule has 0 aliphatic carbocycles. The minimum atomic E-state index is -0.0725. The Bertz CT molecular complexity index is 587. The summed E-state index contributed by atoms with van der Waals surface area (Å²) >= 11 is 6.10. The van der Waals surface area contributed by atoms with Gasteiger partial charge in [-0.2, -0.15) is 0 Å². The Hall–Kier alpha value is -1.65. The first-order valence-corrected chi connectivity index (χ1v) is 7.39. The Morgan fingerprint density at radius 2 is 2.00 bits per heavy atom. The molecule has 2 rings (SSSR count). The fraction of sp³-hybridized carbons (Fsp3) is 0.375. The molecule has 112 valence electrons. The third-order valence-electron chi connectivity index (χ3n) is 3.17. The van der Waals surface area contributed by atoms with E-state index in [-0.39, 0.29) is 6.04 Å². The summed E-state index contributed by atoms with van der Waals surface area (Å²) in [5.74, 6) is 1.41. The first-order chi connectivity index (χ1) is 10.2. The number of nitrogens with one attached hydrogen (secondary N) is 1. The van der Waals surface area contributed by atoms with Crippen molar-refractivity contribution in [2.24, 2.45) is 0 Å². The normalized spacial score (nSPS) is 12.2. The molecule has 0 amide bonds. The molecule has 4 nitrogen and oxygen atoms in total. The topological polar surface area (TPSA) is 47.0 Å². The van der Waals surface area contributed by atoms with Gasteiger partial charge in [0.2, 0.25) is 0 Å². The van der Waals surface area contributed by atoms with Gasteiger partial charge in [0, 0.05) is 12.4 Å². The summed E-state index contributed by atoms with van der Waals surface area (Å²) in [7, 11) is 1.61. The van der Waals surface area contributed by atoms with Gasteiger partial charge in [-0.1, -0.05) is 24.6 Å². The van der Waals surface area contributed by atoms with E-state index >= 15 is 0 Å². The summed E-state index contributed by atoms with van der Waals surface area (Å²) in [6.07, 6.45) is 4.69. The second-order valence-electron chi connectivity index (χ2n) is 4.90. The molecule has 1 unspecified atom stereocenters. The summed E-state index contributed by atoms with van der Waals surface area (Å²) in [6, 6.07) is 5.67. The van der Waals surface area contributed by atoms with Gasteiger partial charge in [0.25, 0.3) is 0 Å². The van der Waals surface area contributed by atoms with Gasteiger partial charge in [-0.25, -0.2) is 9.97 Å². The number of aromatic nitrogens is 2. The second-order valence-corrected chi connectivity index (χ2v) is 5.31. The summed E-state index contributed by atoms with van der Waals surface area (Å²) < 4.78 is 5.29. The van der Waals surface area contributed by atoms with Crippen LogP contribution >= 0.6 is 11.6 Å². The summed E-state index contributed by atoms with van der Waals surface area (Å²) in [5.41, 5.74) is 2.08. The smallest absolute Gasteiger partial charge is 0.149 e. The van der Waals surface area contributed by atoms with E-state index in [0.29, 0.717) is 10.8 Å². The third kappa shape index (κ3) is 3.93. The van der Waals surface area contributed by atoms with E-state index in [4.69, 9.17) is 16.3 Å². The van der Waals surface area contributed by atoms with Crippen LogP contribution < -0.4 is 10.1 Å². The number of aryl methyl sites for hydroxylation is 1. The molecule has 0 saturated carbocycles. The van der Waals surface area contributed by atoms with Crippen LogP contribution in [0.4, 0.5) is 0 Å². The van der Waals surface area contributed by atoms with Gasteiger partial charge < -0.3 is 10.1 Å². The molecule has 0 bridgehead atoms. The maximum absolute atomic E-state index is 6.10. The quantitative estimate of drug-likeness (QED) is 0.887. The lowest BCUT2D eigenvalue weighted by Crippen LogP contribution is -2.25. The van der Waals surface area contributed by atoms with Crippen molar-refractivity contribution in [1.29, 1.82) is 0 Å². The maximum atomic E-state index is 6.10. The summed E-state index contributed by atoms with van der Waals surface area (Å²) in [4.78, 5) is 8.88. The molecule has 0 aliphatic rings. The number of halogens is 1. The van der Waals surface area contributed by atoms with Crippen LogP contribution in [0, 0.1) is 6.92 Å². The van der Waals surface area contributed by atoms with Crippen molar-refractivity contribution in [2.75, 3.05) is 13.7 Å². The highest BCUT2D eigenvalue weighted by molar-refractivity contribution is 6.32. The molecule has 0 saturated heterocycles. The minimum absolute atomic E-state index is 0.0725. The van der Waals surface area contributed by atoms with Crippen molar-refractivity contribution >= 4 is 11.6 Å². The fourth-order valence-corrected chi connectivity index (χ4v) is 2.25. The fourth-order valence-electron chi connectivity index (χ4n) is 2.05. The SMILES string of the molecule is CCCNC(c1ccc(Cl)c(OC)c1)c1ncc(C)cn1. The van der Waals surface area contributed by atoms with Crippen LogP contribution in [0.15, 0.2) is 30.6 Å². The van der Waals surface area contributed by atoms with E-state index in [2.05, 4.69) is 22.2 Å². The Labute approximate surface area is 130 Å². The van der Waals surface area contributed by atoms with E-state index < -0.39 is 0 Å². The molecule has 21 heavy (non-hydrogen) atoms. The molecule has 1 heterocycles. The van der Waals surface area contributed by atoms with Crippen molar-refractivity contribution in [1.82, 2.24) is 15.3 Å². The van der Waals surface area contributed by atoms with E-state index in [1.54, 1.807) is 7.11 Å². The van der Waals surface area contributed by atoms with Gasteiger partial charge in [-0.05, 0) is 43.1 Å². The molecule has 5 heteroatoms. The maximum Gasteiger partial charge on any atom is 0.149 e. The van der Waals surface area contributed by atoms with Gasteiger partial charge in [-0.15, -0.1) is 0 Å². The van der Waals surface area contributed by atoms with Gasteiger partial charge in [-0.3, -0.25) is 0 Å². The average molecular weight is 306 g/mol. The number of hydrogen-bond acceptors (Lipinski definition) is 4. The molecule has 2 aromatic rings. The number of rotatable bonds is 6. The molecule has 1 aromatic heterocycles.